The number of amides is 2. The first kappa shape index (κ1) is 17.5. The van der Waals surface area contributed by atoms with E-state index >= 15 is 0 Å². The van der Waals surface area contributed by atoms with Gasteiger partial charge in [-0.25, -0.2) is 0 Å². The predicted octanol–water partition coefficient (Wildman–Crippen LogP) is 2.88. The fraction of sp³-hybridized carbons (Fsp3) is 0.227. The van der Waals surface area contributed by atoms with Crippen molar-refractivity contribution in [3.8, 4) is 11.5 Å². The van der Waals surface area contributed by atoms with Crippen molar-refractivity contribution in [3.05, 3.63) is 66.2 Å². The fourth-order valence-corrected chi connectivity index (χ4v) is 4.71. The lowest BCUT2D eigenvalue weighted by Crippen LogP contribution is -2.32. The molecule has 1 aliphatic heterocycles. The van der Waals surface area contributed by atoms with E-state index in [2.05, 4.69) is 17.3 Å². The van der Waals surface area contributed by atoms with Crippen LogP contribution in [-0.4, -0.2) is 22.9 Å². The number of allylic oxidation sites excluding steroid dienone is 2. The lowest BCUT2D eigenvalue weighted by molar-refractivity contribution is -0.123. The standard InChI is InChI=1S/C22H19N3O4/c23-20(24-28)12-3-7-16(8-4-12)29-17-9-5-15(6-10-17)25-21(26)18-13-1-2-14(11-13)19(18)22(25)27/h1-10,13-14,18-19,28H,11H2,(H2,23,24)/t13-,14-,18-,19+/m0/s1. The molecule has 3 aliphatic rings. The molecule has 29 heavy (non-hydrogen) atoms. The lowest BCUT2D eigenvalue weighted by atomic mass is 9.85. The minimum absolute atomic E-state index is 0.0225. The normalized spacial score (nSPS) is 27.6. The summed E-state index contributed by atoms with van der Waals surface area (Å²) in [5.41, 5.74) is 6.70. The van der Waals surface area contributed by atoms with Gasteiger partial charge in [-0.2, -0.15) is 0 Å². The van der Waals surface area contributed by atoms with Gasteiger partial charge in [0.1, 0.15) is 11.5 Å². The molecule has 0 unspecified atom stereocenters. The quantitative estimate of drug-likeness (QED) is 0.209. The number of amidine groups is 1. The van der Waals surface area contributed by atoms with E-state index in [1.165, 1.54) is 4.90 Å². The number of imide groups is 1. The highest BCUT2D eigenvalue weighted by Gasteiger charge is 2.59. The number of oxime groups is 1. The number of carbonyl (C=O) groups excluding carboxylic acids is 2. The maximum absolute atomic E-state index is 12.9. The maximum atomic E-state index is 12.9. The van der Waals surface area contributed by atoms with Crippen molar-refractivity contribution in [1.29, 1.82) is 0 Å². The number of nitrogens with zero attached hydrogens (tertiary/aromatic N) is 2. The maximum Gasteiger partial charge on any atom is 0.238 e. The van der Waals surface area contributed by atoms with Crippen LogP contribution >= 0.6 is 0 Å². The Balaban J connectivity index is 1.32. The van der Waals surface area contributed by atoms with Crippen molar-refractivity contribution in [1.82, 2.24) is 0 Å². The number of hydrogen-bond donors (Lipinski definition) is 2. The molecule has 1 saturated carbocycles. The fourth-order valence-electron chi connectivity index (χ4n) is 4.71. The van der Waals surface area contributed by atoms with Crippen LogP contribution in [0.5, 0.6) is 11.5 Å². The van der Waals surface area contributed by atoms with E-state index in [9.17, 15) is 9.59 Å². The molecule has 7 heteroatoms. The van der Waals surface area contributed by atoms with Crippen LogP contribution in [-0.2, 0) is 9.59 Å². The average molecular weight is 389 g/mol. The molecule has 0 spiro atoms. The second kappa shape index (κ2) is 6.48. The number of hydrogen-bond acceptors (Lipinski definition) is 5. The molecule has 5 rings (SSSR count). The zero-order chi connectivity index (χ0) is 20.1. The first-order chi connectivity index (χ1) is 14.1. The van der Waals surface area contributed by atoms with Gasteiger partial charge in [-0.05, 0) is 66.8 Å². The highest BCUT2D eigenvalue weighted by atomic mass is 16.5. The Hall–Kier alpha value is -3.61. The van der Waals surface area contributed by atoms with Crippen LogP contribution in [0.4, 0.5) is 5.69 Å². The number of fused-ring (bicyclic) bond motifs is 5. The first-order valence-corrected chi connectivity index (χ1v) is 9.49. The van der Waals surface area contributed by atoms with Gasteiger partial charge in [0.25, 0.3) is 0 Å². The van der Waals surface area contributed by atoms with E-state index in [1.807, 2.05) is 0 Å². The summed E-state index contributed by atoms with van der Waals surface area (Å²) >= 11 is 0. The molecule has 2 aromatic rings. The molecule has 146 valence electrons. The van der Waals surface area contributed by atoms with Gasteiger partial charge in [0, 0.05) is 5.56 Å². The van der Waals surface area contributed by atoms with Gasteiger partial charge < -0.3 is 15.7 Å². The highest BCUT2D eigenvalue weighted by molar-refractivity contribution is 6.22. The summed E-state index contributed by atoms with van der Waals surface area (Å²) in [6, 6.07) is 13.7. The van der Waals surface area contributed by atoms with Crippen LogP contribution < -0.4 is 15.4 Å². The lowest BCUT2D eigenvalue weighted by Gasteiger charge is -2.17. The predicted molar refractivity (Wildman–Crippen MR) is 106 cm³/mol. The second-order valence-corrected chi connectivity index (χ2v) is 7.62. The topological polar surface area (TPSA) is 105 Å². The van der Waals surface area contributed by atoms with Crippen LogP contribution in [0.1, 0.15) is 12.0 Å². The molecule has 4 atom stereocenters. The molecule has 3 N–H and O–H groups in total. The Bertz CT molecular complexity index is 1010. The molecule has 2 aromatic carbocycles. The highest BCUT2D eigenvalue weighted by Crippen LogP contribution is 2.53. The number of benzene rings is 2. The Labute approximate surface area is 167 Å². The van der Waals surface area contributed by atoms with Crippen LogP contribution in [0, 0.1) is 23.7 Å². The van der Waals surface area contributed by atoms with Gasteiger partial charge in [0.05, 0.1) is 17.5 Å². The largest absolute Gasteiger partial charge is 0.457 e. The minimum atomic E-state index is -0.207. The third kappa shape index (κ3) is 2.69. The third-order valence-corrected chi connectivity index (χ3v) is 6.06. The SMILES string of the molecule is N/C(=N/O)c1ccc(Oc2ccc(N3C(=O)[C@@H]4[C@H](C3=O)[C@H]3C=C[C@H]4C3)cc2)cc1. The van der Waals surface area contributed by atoms with Gasteiger partial charge in [-0.15, -0.1) is 0 Å². The summed E-state index contributed by atoms with van der Waals surface area (Å²) in [5.74, 6) is 0.972. The van der Waals surface area contributed by atoms with Crippen molar-refractivity contribution in [3.63, 3.8) is 0 Å². The summed E-state index contributed by atoms with van der Waals surface area (Å²) < 4.78 is 5.80. The van der Waals surface area contributed by atoms with E-state index in [4.69, 9.17) is 15.7 Å². The number of rotatable bonds is 4. The minimum Gasteiger partial charge on any atom is -0.457 e. The Morgan fingerprint density at radius 1 is 0.931 bits per heavy atom. The molecule has 1 saturated heterocycles. The van der Waals surface area contributed by atoms with E-state index in [1.54, 1.807) is 48.5 Å². The molecule has 2 amide bonds. The van der Waals surface area contributed by atoms with Crippen LogP contribution in [0.3, 0.4) is 0 Å². The molecular formula is C22H19N3O4. The number of carbonyl (C=O) groups is 2. The smallest absolute Gasteiger partial charge is 0.238 e. The van der Waals surface area contributed by atoms with Crippen molar-refractivity contribution in [2.24, 2.45) is 34.6 Å². The Morgan fingerprint density at radius 3 is 1.97 bits per heavy atom. The summed E-state index contributed by atoms with van der Waals surface area (Å²) in [7, 11) is 0. The summed E-state index contributed by atoms with van der Waals surface area (Å²) in [5, 5.41) is 11.7. The van der Waals surface area contributed by atoms with Crippen molar-refractivity contribution in [2.75, 3.05) is 4.90 Å². The Morgan fingerprint density at radius 2 is 1.45 bits per heavy atom. The van der Waals surface area contributed by atoms with Crippen molar-refractivity contribution < 1.29 is 19.5 Å². The molecular weight excluding hydrogens is 370 g/mol. The molecule has 2 aliphatic carbocycles. The van der Waals surface area contributed by atoms with E-state index in [0.717, 1.165) is 6.42 Å². The first-order valence-electron chi connectivity index (χ1n) is 9.49. The van der Waals surface area contributed by atoms with E-state index in [0.29, 0.717) is 22.7 Å². The van der Waals surface area contributed by atoms with E-state index in [-0.39, 0.29) is 41.3 Å². The molecule has 0 radical (unpaired) electrons. The van der Waals surface area contributed by atoms with Gasteiger partial charge in [0.2, 0.25) is 11.8 Å². The summed E-state index contributed by atoms with van der Waals surface area (Å²) in [6.45, 7) is 0. The average Bonchev–Trinajstić information content (AvgIpc) is 3.43. The number of anilines is 1. The van der Waals surface area contributed by atoms with Crippen LogP contribution in [0.15, 0.2) is 65.8 Å². The van der Waals surface area contributed by atoms with Crippen molar-refractivity contribution >= 4 is 23.3 Å². The molecule has 2 fully saturated rings. The molecule has 1 heterocycles. The summed E-state index contributed by atoms with van der Waals surface area (Å²) in [4.78, 5) is 27.1. The monoisotopic (exact) mass is 389 g/mol. The van der Waals surface area contributed by atoms with Crippen molar-refractivity contribution in [2.45, 2.75) is 6.42 Å². The molecule has 0 aromatic heterocycles. The number of nitrogens with two attached hydrogens (primary N) is 1. The zero-order valence-electron chi connectivity index (χ0n) is 15.4. The van der Waals surface area contributed by atoms with Gasteiger partial charge >= 0.3 is 0 Å². The van der Waals surface area contributed by atoms with Crippen LogP contribution in [0.25, 0.3) is 0 Å². The van der Waals surface area contributed by atoms with Gasteiger partial charge in [-0.3, -0.25) is 14.5 Å². The van der Waals surface area contributed by atoms with Gasteiger partial charge in [-0.1, -0.05) is 17.3 Å². The van der Waals surface area contributed by atoms with Crippen LogP contribution in [0.2, 0.25) is 0 Å². The molecule has 2 bridgehead atoms. The number of ether oxygens (including phenoxy) is 1. The second-order valence-electron chi connectivity index (χ2n) is 7.62. The van der Waals surface area contributed by atoms with Gasteiger partial charge in [0.15, 0.2) is 5.84 Å². The zero-order valence-corrected chi connectivity index (χ0v) is 15.4. The Kier molecular flexibility index (Phi) is 3.91. The van der Waals surface area contributed by atoms with E-state index < -0.39 is 0 Å². The summed E-state index contributed by atoms with van der Waals surface area (Å²) in [6.07, 6.45) is 5.09. The third-order valence-electron chi connectivity index (χ3n) is 6.06. The molecule has 7 nitrogen and oxygen atoms in total.